The molecule has 0 amide bonds. The highest BCUT2D eigenvalue weighted by molar-refractivity contribution is 5.52. The van der Waals surface area contributed by atoms with Crippen molar-refractivity contribution in [3.63, 3.8) is 0 Å². The minimum atomic E-state index is 0.356. The van der Waals surface area contributed by atoms with Gasteiger partial charge in [0.15, 0.2) is 0 Å². The van der Waals surface area contributed by atoms with Crippen LogP contribution in [0.2, 0.25) is 0 Å². The Bertz CT molecular complexity index is 373. The van der Waals surface area contributed by atoms with Crippen LogP contribution < -0.4 is 5.32 Å². The molecule has 1 saturated heterocycles. The maximum Gasteiger partial charge on any atom is 0.0827 e. The molecule has 1 aliphatic rings. The third-order valence-corrected chi connectivity index (χ3v) is 3.34. The maximum atomic E-state index is 5.78. The Kier molecular flexibility index (Phi) is 3.19. The van der Waals surface area contributed by atoms with E-state index in [0.717, 1.165) is 24.3 Å². The first-order valence-electron chi connectivity index (χ1n) is 5.97. The summed E-state index contributed by atoms with van der Waals surface area (Å²) in [7, 11) is 1.97. The fourth-order valence-electron chi connectivity index (χ4n) is 2.28. The Morgan fingerprint density at radius 3 is 2.69 bits per heavy atom. The maximum absolute atomic E-state index is 5.78. The van der Waals surface area contributed by atoms with Crippen molar-refractivity contribution in [2.75, 3.05) is 11.9 Å². The smallest absolute Gasteiger partial charge is 0.0827 e. The molecule has 1 aromatic heterocycles. The van der Waals surface area contributed by atoms with Crippen molar-refractivity contribution in [1.82, 2.24) is 9.78 Å². The van der Waals surface area contributed by atoms with Gasteiger partial charge in [-0.3, -0.25) is 4.68 Å². The molecule has 1 aliphatic heterocycles. The standard InChI is InChI=1S/C12H21N3O/c1-8-5-6-11(16-8)7-13-12-9(2)14-15(4)10(12)3/h8,11,13H,5-7H2,1-4H3. The van der Waals surface area contributed by atoms with Gasteiger partial charge < -0.3 is 10.1 Å². The first-order chi connectivity index (χ1) is 7.58. The lowest BCUT2D eigenvalue weighted by Crippen LogP contribution is -2.20. The first kappa shape index (κ1) is 11.5. The van der Waals surface area contributed by atoms with E-state index in [0.29, 0.717) is 12.2 Å². The van der Waals surface area contributed by atoms with Crippen LogP contribution in [0.5, 0.6) is 0 Å². The molecule has 0 aliphatic carbocycles. The normalized spacial score (nSPS) is 25.0. The average molecular weight is 223 g/mol. The summed E-state index contributed by atoms with van der Waals surface area (Å²) in [6.07, 6.45) is 3.11. The number of aryl methyl sites for hydroxylation is 2. The number of hydrogen-bond acceptors (Lipinski definition) is 3. The van der Waals surface area contributed by atoms with Crippen LogP contribution in [-0.2, 0) is 11.8 Å². The van der Waals surface area contributed by atoms with E-state index in [1.807, 2.05) is 18.7 Å². The van der Waals surface area contributed by atoms with E-state index < -0.39 is 0 Å². The minimum Gasteiger partial charge on any atom is -0.379 e. The molecule has 1 aromatic rings. The third-order valence-electron chi connectivity index (χ3n) is 3.34. The lowest BCUT2D eigenvalue weighted by atomic mass is 10.2. The fraction of sp³-hybridized carbons (Fsp3) is 0.750. The molecule has 2 unspecified atom stereocenters. The van der Waals surface area contributed by atoms with Crippen LogP contribution in [0, 0.1) is 13.8 Å². The molecule has 1 N–H and O–H groups in total. The van der Waals surface area contributed by atoms with E-state index in [1.165, 1.54) is 12.1 Å². The van der Waals surface area contributed by atoms with Crippen LogP contribution in [0.3, 0.4) is 0 Å². The summed E-state index contributed by atoms with van der Waals surface area (Å²) >= 11 is 0. The number of hydrogen-bond donors (Lipinski definition) is 1. The summed E-state index contributed by atoms with van der Waals surface area (Å²) in [5.41, 5.74) is 3.40. The van der Waals surface area contributed by atoms with Crippen molar-refractivity contribution in [2.24, 2.45) is 7.05 Å². The molecule has 1 fully saturated rings. The number of anilines is 1. The van der Waals surface area contributed by atoms with E-state index in [4.69, 9.17) is 4.74 Å². The van der Waals surface area contributed by atoms with Gasteiger partial charge in [0.05, 0.1) is 29.3 Å². The van der Waals surface area contributed by atoms with Crippen molar-refractivity contribution in [3.8, 4) is 0 Å². The van der Waals surface area contributed by atoms with Crippen LogP contribution >= 0.6 is 0 Å². The van der Waals surface area contributed by atoms with Gasteiger partial charge in [0, 0.05) is 13.6 Å². The summed E-state index contributed by atoms with van der Waals surface area (Å²) in [5, 5.41) is 7.84. The average Bonchev–Trinajstić information content (AvgIpc) is 2.72. The quantitative estimate of drug-likeness (QED) is 0.852. The highest BCUT2D eigenvalue weighted by atomic mass is 16.5. The predicted octanol–water partition coefficient (Wildman–Crippen LogP) is 2.02. The Balaban J connectivity index is 1.94. The van der Waals surface area contributed by atoms with E-state index in [2.05, 4.69) is 24.3 Å². The van der Waals surface area contributed by atoms with E-state index in [1.54, 1.807) is 0 Å². The van der Waals surface area contributed by atoms with Gasteiger partial charge in [-0.2, -0.15) is 5.10 Å². The van der Waals surface area contributed by atoms with Gasteiger partial charge in [0.2, 0.25) is 0 Å². The number of rotatable bonds is 3. The Morgan fingerprint density at radius 1 is 1.44 bits per heavy atom. The number of ether oxygens (including phenoxy) is 1. The first-order valence-corrected chi connectivity index (χ1v) is 5.97. The largest absolute Gasteiger partial charge is 0.379 e. The van der Waals surface area contributed by atoms with Gasteiger partial charge >= 0.3 is 0 Å². The van der Waals surface area contributed by atoms with Crippen molar-refractivity contribution in [1.29, 1.82) is 0 Å². The molecular formula is C12H21N3O. The summed E-state index contributed by atoms with van der Waals surface area (Å²) < 4.78 is 7.69. The zero-order chi connectivity index (χ0) is 11.7. The second-order valence-electron chi connectivity index (χ2n) is 4.70. The highest BCUT2D eigenvalue weighted by Crippen LogP contribution is 2.22. The molecule has 2 rings (SSSR count). The van der Waals surface area contributed by atoms with E-state index in [9.17, 15) is 0 Å². The van der Waals surface area contributed by atoms with Crippen LogP contribution in [-0.4, -0.2) is 28.5 Å². The van der Waals surface area contributed by atoms with Crippen LogP contribution in [0.4, 0.5) is 5.69 Å². The van der Waals surface area contributed by atoms with Gasteiger partial charge in [0.1, 0.15) is 0 Å². The molecule has 2 heterocycles. The minimum absolute atomic E-state index is 0.356. The van der Waals surface area contributed by atoms with Crippen LogP contribution in [0.15, 0.2) is 0 Å². The highest BCUT2D eigenvalue weighted by Gasteiger charge is 2.22. The van der Waals surface area contributed by atoms with Crippen molar-refractivity contribution in [2.45, 2.75) is 45.8 Å². The van der Waals surface area contributed by atoms with Crippen molar-refractivity contribution in [3.05, 3.63) is 11.4 Å². The Labute approximate surface area is 97.0 Å². The molecule has 0 spiro atoms. The summed E-state index contributed by atoms with van der Waals surface area (Å²) in [6.45, 7) is 7.15. The topological polar surface area (TPSA) is 39.1 Å². The third kappa shape index (κ3) is 2.21. The molecule has 0 radical (unpaired) electrons. The molecular weight excluding hydrogens is 202 g/mol. The number of nitrogens with zero attached hydrogens (tertiary/aromatic N) is 2. The second kappa shape index (κ2) is 4.45. The Morgan fingerprint density at radius 2 is 2.19 bits per heavy atom. The number of nitrogens with one attached hydrogen (secondary N) is 1. The monoisotopic (exact) mass is 223 g/mol. The van der Waals surface area contributed by atoms with Gasteiger partial charge in [-0.25, -0.2) is 0 Å². The molecule has 2 atom stereocenters. The molecule has 0 saturated carbocycles. The zero-order valence-electron chi connectivity index (χ0n) is 10.6. The summed E-state index contributed by atoms with van der Waals surface area (Å²) in [6, 6.07) is 0. The van der Waals surface area contributed by atoms with E-state index >= 15 is 0 Å². The SMILES string of the molecule is Cc1nn(C)c(C)c1NCC1CCC(C)O1. The van der Waals surface area contributed by atoms with Gasteiger partial charge in [-0.05, 0) is 33.6 Å². The second-order valence-corrected chi connectivity index (χ2v) is 4.70. The molecule has 4 nitrogen and oxygen atoms in total. The zero-order valence-corrected chi connectivity index (χ0v) is 10.6. The summed E-state index contributed by atoms with van der Waals surface area (Å²) in [4.78, 5) is 0. The number of aromatic nitrogens is 2. The Hall–Kier alpha value is -1.03. The molecule has 0 bridgehead atoms. The lowest BCUT2D eigenvalue weighted by molar-refractivity contribution is 0.0637. The molecule has 16 heavy (non-hydrogen) atoms. The van der Waals surface area contributed by atoms with Gasteiger partial charge in [-0.1, -0.05) is 0 Å². The van der Waals surface area contributed by atoms with Crippen LogP contribution in [0.1, 0.15) is 31.2 Å². The predicted molar refractivity (Wildman–Crippen MR) is 64.7 cm³/mol. The molecule has 4 heteroatoms. The van der Waals surface area contributed by atoms with E-state index in [-0.39, 0.29) is 0 Å². The van der Waals surface area contributed by atoms with Crippen molar-refractivity contribution >= 4 is 5.69 Å². The van der Waals surface area contributed by atoms with Crippen molar-refractivity contribution < 1.29 is 4.74 Å². The van der Waals surface area contributed by atoms with Gasteiger partial charge in [0.25, 0.3) is 0 Å². The lowest BCUT2D eigenvalue weighted by Gasteiger charge is -2.13. The molecule has 0 aromatic carbocycles. The van der Waals surface area contributed by atoms with Crippen LogP contribution in [0.25, 0.3) is 0 Å². The molecule has 90 valence electrons. The summed E-state index contributed by atoms with van der Waals surface area (Å²) in [5.74, 6) is 0. The van der Waals surface area contributed by atoms with Gasteiger partial charge in [-0.15, -0.1) is 0 Å². The fourth-order valence-corrected chi connectivity index (χ4v) is 2.28.